The van der Waals surface area contributed by atoms with Gasteiger partial charge in [0.2, 0.25) is 11.7 Å². The van der Waals surface area contributed by atoms with E-state index in [0.29, 0.717) is 11.7 Å². The van der Waals surface area contributed by atoms with E-state index in [1.54, 1.807) is 0 Å². The van der Waals surface area contributed by atoms with Crippen molar-refractivity contribution in [1.29, 1.82) is 0 Å². The molecule has 0 radical (unpaired) electrons. The number of benzene rings is 1. The van der Waals surface area contributed by atoms with Crippen LogP contribution in [0.1, 0.15) is 30.2 Å². The third-order valence-electron chi connectivity index (χ3n) is 4.29. The summed E-state index contributed by atoms with van der Waals surface area (Å²) in [7, 11) is 0. The van der Waals surface area contributed by atoms with E-state index < -0.39 is 0 Å². The highest BCUT2D eigenvalue weighted by Gasteiger charge is 2.30. The van der Waals surface area contributed by atoms with E-state index >= 15 is 0 Å². The second-order valence-corrected chi connectivity index (χ2v) is 5.93. The molecule has 22 heavy (non-hydrogen) atoms. The van der Waals surface area contributed by atoms with Gasteiger partial charge in [0.1, 0.15) is 12.0 Å². The van der Waals surface area contributed by atoms with Crippen LogP contribution in [0, 0.1) is 6.92 Å². The number of aryl methyl sites for hydroxylation is 1. The zero-order valence-corrected chi connectivity index (χ0v) is 12.2. The molecule has 0 aliphatic heterocycles. The quantitative estimate of drug-likeness (QED) is 0.564. The monoisotopic (exact) mass is 290 g/mol. The van der Waals surface area contributed by atoms with Crippen LogP contribution in [0.3, 0.4) is 0 Å². The van der Waals surface area contributed by atoms with Gasteiger partial charge in [-0.2, -0.15) is 4.98 Å². The first-order valence-corrected chi connectivity index (χ1v) is 7.50. The van der Waals surface area contributed by atoms with E-state index in [2.05, 4.69) is 44.6 Å². The molecule has 3 heterocycles. The molecule has 5 heteroatoms. The van der Waals surface area contributed by atoms with Crippen LogP contribution in [0.4, 0.5) is 0 Å². The minimum absolute atomic E-state index is 0.456. The Kier molecular flexibility index (Phi) is 2.25. The summed E-state index contributed by atoms with van der Waals surface area (Å²) in [5.74, 6) is 1.79. The highest BCUT2D eigenvalue weighted by atomic mass is 16.5. The summed E-state index contributed by atoms with van der Waals surface area (Å²) in [4.78, 5) is 9.08. The van der Waals surface area contributed by atoms with Crippen molar-refractivity contribution in [3.05, 3.63) is 48.1 Å². The number of rotatable bonds is 2. The summed E-state index contributed by atoms with van der Waals surface area (Å²) in [6.07, 6.45) is 4.14. The van der Waals surface area contributed by atoms with E-state index in [-0.39, 0.29) is 0 Å². The maximum atomic E-state index is 5.38. The Hall–Kier alpha value is -2.69. The molecule has 5 rings (SSSR count). The second-order valence-electron chi connectivity index (χ2n) is 5.93. The van der Waals surface area contributed by atoms with Crippen LogP contribution in [0.2, 0.25) is 0 Å². The minimum atomic E-state index is 0.456. The fourth-order valence-electron chi connectivity index (χ4n) is 3.03. The topological polar surface area (TPSA) is 56.2 Å². The lowest BCUT2D eigenvalue weighted by Gasteiger charge is -2.05. The summed E-state index contributed by atoms with van der Waals surface area (Å²) in [5.41, 5.74) is 4.12. The number of imidazole rings is 1. The van der Waals surface area contributed by atoms with Crippen molar-refractivity contribution >= 4 is 16.4 Å². The molecule has 0 spiro atoms. The second kappa shape index (κ2) is 4.16. The van der Waals surface area contributed by atoms with Gasteiger partial charge in [0.05, 0.1) is 11.0 Å². The Morgan fingerprint density at radius 2 is 2.09 bits per heavy atom. The summed E-state index contributed by atoms with van der Waals surface area (Å²) >= 11 is 0. The summed E-state index contributed by atoms with van der Waals surface area (Å²) < 4.78 is 7.48. The molecule has 0 N–H and O–H groups in total. The van der Waals surface area contributed by atoms with E-state index in [4.69, 9.17) is 4.52 Å². The lowest BCUT2D eigenvalue weighted by Crippen LogP contribution is -1.91. The first kappa shape index (κ1) is 11.9. The Labute approximate surface area is 126 Å². The van der Waals surface area contributed by atoms with Gasteiger partial charge in [-0.25, -0.2) is 4.98 Å². The predicted octanol–water partition coefficient (Wildman–Crippen LogP) is 3.72. The van der Waals surface area contributed by atoms with Crippen molar-refractivity contribution in [2.75, 3.05) is 0 Å². The zero-order valence-electron chi connectivity index (χ0n) is 12.2. The molecule has 1 saturated carbocycles. The number of fused-ring (bicyclic) bond motifs is 3. The molecule has 1 aromatic carbocycles. The molecule has 0 amide bonds. The number of aromatic nitrogens is 4. The van der Waals surface area contributed by atoms with Crippen molar-refractivity contribution in [2.45, 2.75) is 25.7 Å². The van der Waals surface area contributed by atoms with Crippen molar-refractivity contribution < 1.29 is 4.52 Å². The van der Waals surface area contributed by atoms with E-state index in [1.165, 1.54) is 5.39 Å². The number of para-hydroxylation sites is 1. The van der Waals surface area contributed by atoms with Crippen LogP contribution in [-0.2, 0) is 0 Å². The van der Waals surface area contributed by atoms with Gasteiger partial charge in [-0.15, -0.1) is 0 Å². The van der Waals surface area contributed by atoms with E-state index in [0.717, 1.165) is 41.0 Å². The lowest BCUT2D eigenvalue weighted by molar-refractivity contribution is 0.380. The molecule has 0 atom stereocenters. The molecule has 0 bridgehead atoms. The van der Waals surface area contributed by atoms with Crippen molar-refractivity contribution in [3.8, 4) is 11.5 Å². The molecule has 1 fully saturated rings. The van der Waals surface area contributed by atoms with Crippen LogP contribution in [-0.4, -0.2) is 19.5 Å². The molecule has 5 nitrogen and oxygen atoms in total. The third kappa shape index (κ3) is 1.62. The van der Waals surface area contributed by atoms with Crippen molar-refractivity contribution in [1.82, 2.24) is 19.5 Å². The summed E-state index contributed by atoms with van der Waals surface area (Å²) in [5, 5.41) is 5.33. The molecular formula is C17H14N4O. The smallest absolute Gasteiger partial charge is 0.230 e. The van der Waals surface area contributed by atoms with Crippen LogP contribution in [0.5, 0.6) is 0 Å². The van der Waals surface area contributed by atoms with Gasteiger partial charge < -0.3 is 4.52 Å². The van der Waals surface area contributed by atoms with Gasteiger partial charge in [-0.1, -0.05) is 23.4 Å². The van der Waals surface area contributed by atoms with Gasteiger partial charge in [0.15, 0.2) is 0 Å². The first-order valence-electron chi connectivity index (χ1n) is 7.50. The zero-order chi connectivity index (χ0) is 14.7. The van der Waals surface area contributed by atoms with Gasteiger partial charge in [-0.05, 0) is 42.8 Å². The number of nitrogens with zero attached hydrogens (tertiary/aromatic N) is 4. The van der Waals surface area contributed by atoms with E-state index in [1.807, 2.05) is 18.5 Å². The summed E-state index contributed by atoms with van der Waals surface area (Å²) in [6.45, 7) is 2.09. The maximum absolute atomic E-state index is 5.38. The van der Waals surface area contributed by atoms with Crippen LogP contribution in [0.15, 0.2) is 41.2 Å². The molecular weight excluding hydrogens is 276 g/mol. The first-order chi connectivity index (χ1) is 10.8. The Balaban J connectivity index is 1.78. The van der Waals surface area contributed by atoms with Gasteiger partial charge in [0.25, 0.3) is 0 Å². The third-order valence-corrected chi connectivity index (χ3v) is 4.29. The standard InChI is InChI=1S/C17H14N4O/c1-10-8-12-4-2-3-5-13(12)21-9-18-14(15(10)21)16-19-17(22-20-16)11-6-7-11/h2-5,8-9,11H,6-7H2,1H3. The number of pyridine rings is 1. The number of hydrogen-bond donors (Lipinski definition) is 0. The normalized spacial score (nSPS) is 15.0. The Bertz CT molecular complexity index is 1010. The maximum Gasteiger partial charge on any atom is 0.230 e. The van der Waals surface area contributed by atoms with Crippen LogP contribution < -0.4 is 0 Å². The minimum Gasteiger partial charge on any atom is -0.339 e. The lowest BCUT2D eigenvalue weighted by atomic mass is 10.1. The fraction of sp³-hybridized carbons (Fsp3) is 0.235. The molecule has 4 aromatic rings. The van der Waals surface area contributed by atoms with Crippen LogP contribution >= 0.6 is 0 Å². The van der Waals surface area contributed by atoms with Crippen molar-refractivity contribution in [3.63, 3.8) is 0 Å². The number of hydrogen-bond acceptors (Lipinski definition) is 4. The Morgan fingerprint density at radius 1 is 1.23 bits per heavy atom. The predicted molar refractivity (Wildman–Crippen MR) is 82.7 cm³/mol. The summed E-state index contributed by atoms with van der Waals surface area (Å²) in [6, 6.07) is 10.5. The molecule has 0 unspecified atom stereocenters. The molecule has 1 aliphatic carbocycles. The highest BCUT2D eigenvalue weighted by molar-refractivity contribution is 5.88. The molecule has 0 saturated heterocycles. The molecule has 108 valence electrons. The Morgan fingerprint density at radius 3 is 2.95 bits per heavy atom. The van der Waals surface area contributed by atoms with Crippen LogP contribution in [0.25, 0.3) is 27.9 Å². The largest absolute Gasteiger partial charge is 0.339 e. The van der Waals surface area contributed by atoms with Gasteiger partial charge >= 0.3 is 0 Å². The van der Waals surface area contributed by atoms with Gasteiger partial charge in [-0.3, -0.25) is 4.40 Å². The molecule has 1 aliphatic rings. The molecule has 3 aromatic heterocycles. The van der Waals surface area contributed by atoms with Gasteiger partial charge in [0, 0.05) is 5.92 Å². The highest BCUT2D eigenvalue weighted by Crippen LogP contribution is 2.39. The average Bonchev–Trinajstić information content (AvgIpc) is 3.10. The van der Waals surface area contributed by atoms with E-state index in [9.17, 15) is 0 Å². The average molecular weight is 290 g/mol. The SMILES string of the molecule is Cc1cc2ccccc2n2cnc(-c3noc(C4CC4)n3)c12. The fourth-order valence-corrected chi connectivity index (χ4v) is 3.03. The van der Waals surface area contributed by atoms with Crippen molar-refractivity contribution in [2.24, 2.45) is 0 Å².